The van der Waals surface area contributed by atoms with E-state index in [9.17, 15) is 0 Å². The summed E-state index contributed by atoms with van der Waals surface area (Å²) in [6.07, 6.45) is 1.88. The number of hydrogen-bond donors (Lipinski definition) is 2. The van der Waals surface area contributed by atoms with Gasteiger partial charge in [0.2, 0.25) is 0 Å². The molecule has 0 saturated heterocycles. The van der Waals surface area contributed by atoms with Crippen molar-refractivity contribution >= 4 is 5.96 Å². The summed E-state index contributed by atoms with van der Waals surface area (Å²) in [7, 11) is 3.82. The molecule has 7 nitrogen and oxygen atoms in total. The highest BCUT2D eigenvalue weighted by molar-refractivity contribution is 5.79. The van der Waals surface area contributed by atoms with Gasteiger partial charge in [-0.15, -0.1) is 0 Å². The van der Waals surface area contributed by atoms with Crippen LogP contribution in [0.15, 0.2) is 35.3 Å². The van der Waals surface area contributed by atoms with Gasteiger partial charge in [0.15, 0.2) is 5.96 Å². The van der Waals surface area contributed by atoms with E-state index in [0.717, 1.165) is 47.1 Å². The number of para-hydroxylation sites is 1. The molecule has 3 aromatic rings. The third-order valence-electron chi connectivity index (χ3n) is 5.36. The third-order valence-corrected chi connectivity index (χ3v) is 5.36. The van der Waals surface area contributed by atoms with Crippen molar-refractivity contribution in [3.05, 3.63) is 64.2 Å². The van der Waals surface area contributed by atoms with Gasteiger partial charge in [-0.2, -0.15) is 10.2 Å². The Balaban J connectivity index is 1.71. The largest absolute Gasteiger partial charge is 0.352 e. The van der Waals surface area contributed by atoms with E-state index in [1.54, 1.807) is 7.05 Å². The summed E-state index contributed by atoms with van der Waals surface area (Å²) >= 11 is 0. The summed E-state index contributed by atoms with van der Waals surface area (Å²) in [6, 6.07) is 10.4. The number of rotatable bonds is 7. The van der Waals surface area contributed by atoms with Gasteiger partial charge in [0.05, 0.1) is 17.1 Å². The Morgan fingerprint density at radius 3 is 2.40 bits per heavy atom. The van der Waals surface area contributed by atoms with Gasteiger partial charge in [-0.3, -0.25) is 9.67 Å². The Hall–Kier alpha value is -3.09. The molecule has 0 spiro atoms. The number of hydrogen-bond acceptors (Lipinski definition) is 3. The highest BCUT2D eigenvalue weighted by Crippen LogP contribution is 2.17. The van der Waals surface area contributed by atoms with E-state index in [1.807, 2.05) is 29.4 Å². The molecule has 1 aromatic carbocycles. The number of aliphatic imine (C=N–C) groups is 1. The lowest BCUT2D eigenvalue weighted by atomic mass is 10.1. The lowest BCUT2D eigenvalue weighted by Gasteiger charge is -2.15. The third kappa shape index (κ3) is 4.56. The summed E-state index contributed by atoms with van der Waals surface area (Å²) in [4.78, 5) is 4.40. The van der Waals surface area contributed by atoms with Crippen LogP contribution in [-0.4, -0.2) is 32.6 Å². The van der Waals surface area contributed by atoms with E-state index in [1.165, 1.54) is 11.3 Å². The molecule has 160 valence electrons. The normalized spacial score (nSPS) is 11.7. The molecule has 7 heteroatoms. The van der Waals surface area contributed by atoms with E-state index in [-0.39, 0.29) is 0 Å². The topological polar surface area (TPSA) is 72.1 Å². The molecule has 0 bridgehead atoms. The summed E-state index contributed by atoms with van der Waals surface area (Å²) in [5.41, 5.74) is 8.07. The van der Waals surface area contributed by atoms with Gasteiger partial charge in [-0.1, -0.05) is 32.0 Å². The number of nitrogens with one attached hydrogen (secondary N) is 2. The number of nitrogens with zero attached hydrogens (tertiary/aromatic N) is 5. The molecule has 3 rings (SSSR count). The Kier molecular flexibility index (Phi) is 6.92. The van der Waals surface area contributed by atoms with E-state index < -0.39 is 0 Å². The minimum atomic E-state index is 0.655. The fourth-order valence-electron chi connectivity index (χ4n) is 3.91. The monoisotopic (exact) mass is 407 g/mol. The first-order chi connectivity index (χ1) is 14.5. The van der Waals surface area contributed by atoms with Crippen LogP contribution in [0.5, 0.6) is 0 Å². The van der Waals surface area contributed by atoms with Crippen LogP contribution in [0, 0.1) is 13.8 Å². The molecule has 2 N–H and O–H groups in total. The number of aryl methyl sites for hydroxylation is 4. The molecule has 0 radical (unpaired) electrons. The SMILES string of the molecule is CCc1nn(C)c(CC)c1CNC(=NC)NCc1ccccc1-n1nc(C)cc1C. The Bertz CT molecular complexity index is 1030. The van der Waals surface area contributed by atoms with Gasteiger partial charge >= 0.3 is 0 Å². The molecule has 0 saturated carbocycles. The second kappa shape index (κ2) is 9.61. The van der Waals surface area contributed by atoms with Gasteiger partial charge in [-0.25, -0.2) is 4.68 Å². The van der Waals surface area contributed by atoms with Crippen LogP contribution >= 0.6 is 0 Å². The van der Waals surface area contributed by atoms with Crippen molar-refractivity contribution < 1.29 is 0 Å². The smallest absolute Gasteiger partial charge is 0.191 e. The molecule has 0 aliphatic heterocycles. The van der Waals surface area contributed by atoms with E-state index in [4.69, 9.17) is 0 Å². The molecule has 0 atom stereocenters. The Morgan fingerprint density at radius 2 is 1.77 bits per heavy atom. The van der Waals surface area contributed by atoms with Gasteiger partial charge < -0.3 is 10.6 Å². The van der Waals surface area contributed by atoms with Crippen LogP contribution < -0.4 is 10.6 Å². The summed E-state index contributed by atoms with van der Waals surface area (Å²) < 4.78 is 4.00. The molecule has 0 amide bonds. The van der Waals surface area contributed by atoms with Crippen LogP contribution in [0.2, 0.25) is 0 Å². The fraction of sp³-hybridized carbons (Fsp3) is 0.435. The zero-order valence-electron chi connectivity index (χ0n) is 19.0. The number of guanidine groups is 1. The molecule has 0 unspecified atom stereocenters. The summed E-state index contributed by atoms with van der Waals surface area (Å²) in [5.74, 6) is 0.770. The minimum Gasteiger partial charge on any atom is -0.352 e. The highest BCUT2D eigenvalue weighted by atomic mass is 15.3. The lowest BCUT2D eigenvalue weighted by molar-refractivity contribution is 0.702. The second-order valence-electron chi connectivity index (χ2n) is 7.45. The average Bonchev–Trinajstić information content (AvgIpc) is 3.25. The summed E-state index contributed by atoms with van der Waals surface area (Å²) in [5, 5.41) is 16.2. The predicted octanol–water partition coefficient (Wildman–Crippen LogP) is 3.21. The van der Waals surface area contributed by atoms with Crippen LogP contribution in [0.4, 0.5) is 0 Å². The van der Waals surface area contributed by atoms with Crippen molar-refractivity contribution in [3.8, 4) is 5.69 Å². The molecule has 2 aromatic heterocycles. The Labute approximate surface area is 179 Å². The molecule has 0 fully saturated rings. The predicted molar refractivity (Wildman–Crippen MR) is 122 cm³/mol. The van der Waals surface area contributed by atoms with Crippen LogP contribution in [0.25, 0.3) is 5.69 Å². The fourth-order valence-corrected chi connectivity index (χ4v) is 3.91. The minimum absolute atomic E-state index is 0.655. The molecular weight excluding hydrogens is 374 g/mol. The molecular formula is C23H33N7. The maximum Gasteiger partial charge on any atom is 0.191 e. The lowest BCUT2D eigenvalue weighted by Crippen LogP contribution is -2.36. The van der Waals surface area contributed by atoms with E-state index in [2.05, 4.69) is 70.9 Å². The van der Waals surface area contributed by atoms with Crippen LogP contribution in [0.1, 0.15) is 47.8 Å². The van der Waals surface area contributed by atoms with Gasteiger partial charge in [0.25, 0.3) is 0 Å². The summed E-state index contributed by atoms with van der Waals surface area (Å²) in [6.45, 7) is 9.78. The van der Waals surface area contributed by atoms with Crippen molar-refractivity contribution in [2.24, 2.45) is 12.0 Å². The first-order valence-corrected chi connectivity index (χ1v) is 10.6. The van der Waals surface area contributed by atoms with Crippen molar-refractivity contribution in [2.75, 3.05) is 7.05 Å². The maximum atomic E-state index is 4.66. The first kappa shape index (κ1) is 21.6. The molecule has 30 heavy (non-hydrogen) atoms. The van der Waals surface area contributed by atoms with Crippen molar-refractivity contribution in [1.82, 2.24) is 30.2 Å². The maximum absolute atomic E-state index is 4.66. The van der Waals surface area contributed by atoms with E-state index >= 15 is 0 Å². The Morgan fingerprint density at radius 1 is 1.03 bits per heavy atom. The average molecular weight is 408 g/mol. The quantitative estimate of drug-likeness (QED) is 0.466. The van der Waals surface area contributed by atoms with Crippen molar-refractivity contribution in [3.63, 3.8) is 0 Å². The second-order valence-corrected chi connectivity index (χ2v) is 7.45. The number of benzene rings is 1. The van der Waals surface area contributed by atoms with Crippen molar-refractivity contribution in [2.45, 2.75) is 53.6 Å². The van der Waals surface area contributed by atoms with E-state index in [0.29, 0.717) is 13.1 Å². The van der Waals surface area contributed by atoms with Gasteiger partial charge in [-0.05, 0) is 44.4 Å². The number of aromatic nitrogens is 4. The molecule has 0 aliphatic rings. The molecule has 0 aliphatic carbocycles. The standard InChI is InChI=1S/C23H33N7/c1-7-20-19(21(8-2)29(6)28-20)15-26-23(24-5)25-14-18-11-9-10-12-22(18)30-17(4)13-16(3)27-30/h9-13H,7-8,14-15H2,1-6H3,(H2,24,25,26). The van der Waals surface area contributed by atoms with Gasteiger partial charge in [0.1, 0.15) is 0 Å². The zero-order chi connectivity index (χ0) is 21.7. The highest BCUT2D eigenvalue weighted by Gasteiger charge is 2.14. The van der Waals surface area contributed by atoms with Crippen LogP contribution in [-0.2, 0) is 33.0 Å². The van der Waals surface area contributed by atoms with Gasteiger partial charge in [0, 0.05) is 44.1 Å². The van der Waals surface area contributed by atoms with Crippen LogP contribution in [0.3, 0.4) is 0 Å². The first-order valence-electron chi connectivity index (χ1n) is 10.6. The zero-order valence-corrected chi connectivity index (χ0v) is 19.0. The molecule has 2 heterocycles. The van der Waals surface area contributed by atoms with Crippen molar-refractivity contribution in [1.29, 1.82) is 0 Å².